The summed E-state index contributed by atoms with van der Waals surface area (Å²) in [6.07, 6.45) is 0.766. The predicted molar refractivity (Wildman–Crippen MR) is 115 cm³/mol. The molecule has 2 amide bonds. The third-order valence-corrected chi connectivity index (χ3v) is 5.11. The number of fused-ring (bicyclic) bond motifs is 1. The van der Waals surface area contributed by atoms with E-state index in [1.165, 1.54) is 0 Å². The van der Waals surface area contributed by atoms with Crippen molar-refractivity contribution in [1.29, 1.82) is 0 Å². The van der Waals surface area contributed by atoms with E-state index < -0.39 is 0 Å². The number of nitrogens with zero attached hydrogens (tertiary/aromatic N) is 2. The number of rotatable bonds is 5. The fourth-order valence-corrected chi connectivity index (χ4v) is 3.63. The van der Waals surface area contributed by atoms with Crippen molar-refractivity contribution in [3.8, 4) is 0 Å². The molecule has 1 heterocycles. The van der Waals surface area contributed by atoms with Crippen LogP contribution in [0.5, 0.6) is 0 Å². The fraction of sp³-hybridized carbons (Fsp3) is 0.167. The van der Waals surface area contributed by atoms with Crippen LogP contribution in [0.1, 0.15) is 28.4 Å². The van der Waals surface area contributed by atoms with Gasteiger partial charge < -0.3 is 4.90 Å². The van der Waals surface area contributed by atoms with Gasteiger partial charge in [-0.2, -0.15) is 0 Å². The van der Waals surface area contributed by atoms with Crippen LogP contribution in [0.15, 0.2) is 78.9 Å². The topological polar surface area (TPSA) is 52.7 Å². The van der Waals surface area contributed by atoms with Crippen LogP contribution in [0.4, 0.5) is 11.4 Å². The summed E-state index contributed by atoms with van der Waals surface area (Å²) in [4.78, 5) is 26.5. The van der Waals surface area contributed by atoms with Crippen LogP contribution in [0.2, 0.25) is 0 Å². The molecule has 0 radical (unpaired) electrons. The average Bonchev–Trinajstić information content (AvgIpc) is 3.18. The predicted octanol–water partition coefficient (Wildman–Crippen LogP) is 3.95. The number of hydrazine groups is 1. The molecule has 0 fully saturated rings. The van der Waals surface area contributed by atoms with Crippen LogP contribution in [-0.2, 0) is 17.8 Å². The zero-order valence-electron chi connectivity index (χ0n) is 16.3. The molecule has 1 aliphatic rings. The van der Waals surface area contributed by atoms with Crippen LogP contribution in [0.3, 0.4) is 0 Å². The van der Waals surface area contributed by atoms with E-state index in [1.54, 1.807) is 17.9 Å². The first-order valence-electron chi connectivity index (χ1n) is 9.70. The molecule has 1 N–H and O–H groups in total. The standard InChI is InChI=1S/C24H23N3O2/c1-18(28)26-15-14-20-16-21(12-13-23(20)26)24(29)25-27(22-10-6-3-7-11-22)17-19-8-4-2-5-9-19/h2-13,16H,14-15,17H2,1H3,(H,25,29). The van der Waals surface area contributed by atoms with Crippen LogP contribution in [-0.4, -0.2) is 18.4 Å². The normalized spacial score (nSPS) is 12.4. The van der Waals surface area contributed by atoms with Crippen molar-refractivity contribution in [3.05, 3.63) is 95.6 Å². The minimum Gasteiger partial charge on any atom is -0.312 e. The second kappa shape index (κ2) is 8.19. The first-order valence-corrected chi connectivity index (χ1v) is 9.70. The Balaban J connectivity index is 1.56. The van der Waals surface area contributed by atoms with E-state index in [1.807, 2.05) is 77.8 Å². The average molecular weight is 385 g/mol. The summed E-state index contributed by atoms with van der Waals surface area (Å²) in [7, 11) is 0. The number of anilines is 2. The van der Waals surface area contributed by atoms with Crippen molar-refractivity contribution in [2.75, 3.05) is 16.5 Å². The van der Waals surface area contributed by atoms with Gasteiger partial charge in [-0.1, -0.05) is 48.5 Å². The third kappa shape index (κ3) is 4.14. The van der Waals surface area contributed by atoms with Gasteiger partial charge in [0, 0.05) is 24.7 Å². The molecular weight excluding hydrogens is 362 g/mol. The molecule has 146 valence electrons. The van der Waals surface area contributed by atoms with Crippen molar-refractivity contribution in [2.24, 2.45) is 0 Å². The van der Waals surface area contributed by atoms with E-state index in [0.29, 0.717) is 18.7 Å². The minimum absolute atomic E-state index is 0.0269. The number of carbonyl (C=O) groups excluding carboxylic acids is 2. The molecule has 0 unspecified atom stereocenters. The molecule has 3 aromatic rings. The van der Waals surface area contributed by atoms with Gasteiger partial charge in [0.15, 0.2) is 0 Å². The van der Waals surface area contributed by atoms with Crippen molar-refractivity contribution in [1.82, 2.24) is 5.43 Å². The lowest BCUT2D eigenvalue weighted by atomic mass is 10.1. The van der Waals surface area contributed by atoms with Crippen molar-refractivity contribution >= 4 is 23.2 Å². The number of para-hydroxylation sites is 1. The highest BCUT2D eigenvalue weighted by molar-refractivity contribution is 5.98. The zero-order chi connectivity index (χ0) is 20.2. The first-order chi connectivity index (χ1) is 14.1. The highest BCUT2D eigenvalue weighted by atomic mass is 16.2. The van der Waals surface area contributed by atoms with Crippen LogP contribution < -0.4 is 15.3 Å². The van der Waals surface area contributed by atoms with E-state index in [9.17, 15) is 9.59 Å². The van der Waals surface area contributed by atoms with Gasteiger partial charge in [-0.15, -0.1) is 0 Å². The van der Waals surface area contributed by atoms with E-state index in [-0.39, 0.29) is 11.8 Å². The molecule has 0 atom stereocenters. The van der Waals surface area contributed by atoms with Gasteiger partial charge >= 0.3 is 0 Å². The Kier molecular flexibility index (Phi) is 5.29. The minimum atomic E-state index is -0.172. The quantitative estimate of drug-likeness (QED) is 0.677. The molecule has 29 heavy (non-hydrogen) atoms. The summed E-state index contributed by atoms with van der Waals surface area (Å²) in [5.74, 6) is -0.145. The maximum atomic E-state index is 13.0. The number of hydrogen-bond acceptors (Lipinski definition) is 3. The van der Waals surface area contributed by atoms with Gasteiger partial charge in [-0.05, 0) is 47.9 Å². The molecule has 0 saturated heterocycles. The lowest BCUT2D eigenvalue weighted by molar-refractivity contribution is -0.116. The summed E-state index contributed by atoms with van der Waals surface area (Å²) in [6, 6.07) is 25.3. The van der Waals surface area contributed by atoms with Crippen molar-refractivity contribution in [3.63, 3.8) is 0 Å². The number of nitrogens with one attached hydrogen (secondary N) is 1. The van der Waals surface area contributed by atoms with Gasteiger partial charge in [-0.3, -0.25) is 20.0 Å². The maximum Gasteiger partial charge on any atom is 0.269 e. The molecule has 1 aliphatic heterocycles. The van der Waals surface area contributed by atoms with Gasteiger partial charge in [0.2, 0.25) is 5.91 Å². The van der Waals surface area contributed by atoms with Crippen LogP contribution in [0, 0.1) is 0 Å². The van der Waals surface area contributed by atoms with E-state index in [0.717, 1.165) is 28.9 Å². The molecule has 0 saturated carbocycles. The first kappa shape index (κ1) is 18.7. The summed E-state index contributed by atoms with van der Waals surface area (Å²) < 4.78 is 0. The second-order valence-electron chi connectivity index (χ2n) is 7.11. The monoisotopic (exact) mass is 385 g/mol. The smallest absolute Gasteiger partial charge is 0.269 e. The number of amides is 2. The van der Waals surface area contributed by atoms with Gasteiger partial charge in [0.05, 0.1) is 12.2 Å². The van der Waals surface area contributed by atoms with Gasteiger partial charge in [-0.25, -0.2) is 0 Å². The summed E-state index contributed by atoms with van der Waals surface area (Å²) in [6.45, 7) is 2.79. The van der Waals surface area contributed by atoms with E-state index >= 15 is 0 Å². The number of hydrogen-bond donors (Lipinski definition) is 1. The maximum absolute atomic E-state index is 13.0. The molecule has 4 rings (SSSR count). The fourth-order valence-electron chi connectivity index (χ4n) is 3.63. The Morgan fingerprint density at radius 1 is 0.966 bits per heavy atom. The van der Waals surface area contributed by atoms with E-state index in [2.05, 4.69) is 5.43 Å². The summed E-state index contributed by atoms with van der Waals surface area (Å²) in [5, 5.41) is 1.85. The molecule has 5 heteroatoms. The molecule has 0 aromatic heterocycles. The molecule has 0 spiro atoms. The largest absolute Gasteiger partial charge is 0.312 e. The Morgan fingerprint density at radius 2 is 1.66 bits per heavy atom. The second-order valence-corrected chi connectivity index (χ2v) is 7.11. The molecule has 0 bridgehead atoms. The summed E-state index contributed by atoms with van der Waals surface area (Å²) >= 11 is 0. The highest BCUT2D eigenvalue weighted by Gasteiger charge is 2.23. The number of benzene rings is 3. The van der Waals surface area contributed by atoms with Gasteiger partial charge in [0.25, 0.3) is 5.91 Å². The molecular formula is C24H23N3O2. The zero-order valence-corrected chi connectivity index (χ0v) is 16.3. The molecule has 3 aromatic carbocycles. The van der Waals surface area contributed by atoms with Crippen LogP contribution in [0.25, 0.3) is 0 Å². The third-order valence-electron chi connectivity index (χ3n) is 5.11. The molecule has 0 aliphatic carbocycles. The lowest BCUT2D eigenvalue weighted by Crippen LogP contribution is -2.42. The summed E-state index contributed by atoms with van der Waals surface area (Å²) in [5.41, 5.74) is 7.56. The Labute approximate surface area is 170 Å². The molecule has 5 nitrogen and oxygen atoms in total. The van der Waals surface area contributed by atoms with Gasteiger partial charge in [0.1, 0.15) is 0 Å². The Bertz CT molecular complexity index is 1020. The Morgan fingerprint density at radius 3 is 2.34 bits per heavy atom. The highest BCUT2D eigenvalue weighted by Crippen LogP contribution is 2.29. The number of carbonyl (C=O) groups is 2. The Hall–Kier alpha value is -3.60. The van der Waals surface area contributed by atoms with Crippen LogP contribution >= 0.6 is 0 Å². The SMILES string of the molecule is CC(=O)N1CCc2cc(C(=O)NN(Cc3ccccc3)c3ccccc3)ccc21. The lowest BCUT2D eigenvalue weighted by Gasteiger charge is -2.26. The van der Waals surface area contributed by atoms with E-state index in [4.69, 9.17) is 0 Å². The van der Waals surface area contributed by atoms with Crippen molar-refractivity contribution < 1.29 is 9.59 Å². The van der Waals surface area contributed by atoms with Crippen molar-refractivity contribution in [2.45, 2.75) is 19.9 Å².